The minimum atomic E-state index is -0.788. The van der Waals surface area contributed by atoms with E-state index < -0.39 is 5.82 Å². The van der Waals surface area contributed by atoms with Crippen LogP contribution in [0.2, 0.25) is 10.0 Å². The lowest BCUT2D eigenvalue weighted by molar-refractivity contribution is 0.445. The molecule has 0 aliphatic heterocycles. The minimum absolute atomic E-state index is 0.0649. The van der Waals surface area contributed by atoms with Crippen molar-refractivity contribution in [1.29, 1.82) is 0 Å². The summed E-state index contributed by atoms with van der Waals surface area (Å²) < 4.78 is 19.2. The highest BCUT2D eigenvalue weighted by Gasteiger charge is 2.16. The van der Waals surface area contributed by atoms with Crippen molar-refractivity contribution in [3.63, 3.8) is 0 Å². The van der Waals surface area contributed by atoms with Crippen molar-refractivity contribution >= 4 is 34.6 Å². The van der Waals surface area contributed by atoms with Crippen molar-refractivity contribution in [2.75, 3.05) is 11.5 Å². The van der Waals surface area contributed by atoms with Crippen LogP contribution in [0.1, 0.15) is 0 Å². The van der Waals surface area contributed by atoms with Crippen LogP contribution in [-0.2, 0) is 0 Å². The Morgan fingerprint density at radius 3 is 2.22 bits per heavy atom. The molecule has 18 heavy (non-hydrogen) atoms. The number of hydrogen-bond donors (Lipinski definition) is 2. The first-order chi connectivity index (χ1) is 8.49. The summed E-state index contributed by atoms with van der Waals surface area (Å²) in [7, 11) is 0. The van der Waals surface area contributed by atoms with Crippen molar-refractivity contribution < 1.29 is 9.13 Å². The van der Waals surface area contributed by atoms with E-state index in [1.165, 1.54) is 6.07 Å². The van der Waals surface area contributed by atoms with E-state index in [4.69, 9.17) is 39.4 Å². The van der Waals surface area contributed by atoms with E-state index in [1.54, 1.807) is 24.3 Å². The van der Waals surface area contributed by atoms with Crippen molar-refractivity contribution in [3.05, 3.63) is 46.2 Å². The van der Waals surface area contributed by atoms with Crippen LogP contribution in [0, 0.1) is 5.82 Å². The molecular weight excluding hydrogens is 278 g/mol. The molecule has 3 nitrogen and oxygen atoms in total. The highest BCUT2D eigenvalue weighted by molar-refractivity contribution is 6.33. The summed E-state index contributed by atoms with van der Waals surface area (Å²) in [6.07, 6.45) is 0. The van der Waals surface area contributed by atoms with Gasteiger partial charge in [-0.05, 0) is 30.3 Å². The summed E-state index contributed by atoms with van der Waals surface area (Å²) in [6.45, 7) is 0. The zero-order chi connectivity index (χ0) is 13.3. The van der Waals surface area contributed by atoms with E-state index in [0.29, 0.717) is 10.8 Å². The molecule has 4 N–H and O–H groups in total. The molecule has 0 aromatic heterocycles. The average Bonchev–Trinajstić information content (AvgIpc) is 2.34. The van der Waals surface area contributed by atoms with Gasteiger partial charge in [0.25, 0.3) is 0 Å². The normalized spacial score (nSPS) is 10.4. The Balaban J connectivity index is 2.40. The van der Waals surface area contributed by atoms with E-state index in [9.17, 15) is 4.39 Å². The monoisotopic (exact) mass is 286 g/mol. The summed E-state index contributed by atoms with van der Waals surface area (Å²) in [6, 6.07) is 7.75. The lowest BCUT2D eigenvalue weighted by atomic mass is 10.2. The Morgan fingerprint density at radius 1 is 1.00 bits per heavy atom. The Kier molecular flexibility index (Phi) is 3.50. The second kappa shape index (κ2) is 4.92. The number of anilines is 2. The van der Waals surface area contributed by atoms with Gasteiger partial charge in [-0.2, -0.15) is 0 Å². The largest absolute Gasteiger partial charge is 0.452 e. The Morgan fingerprint density at radius 2 is 1.61 bits per heavy atom. The fourth-order valence-corrected chi connectivity index (χ4v) is 1.64. The smallest absolute Gasteiger partial charge is 0.188 e. The van der Waals surface area contributed by atoms with Crippen LogP contribution < -0.4 is 16.2 Å². The molecule has 0 radical (unpaired) electrons. The maximum Gasteiger partial charge on any atom is 0.188 e. The zero-order valence-corrected chi connectivity index (χ0v) is 10.6. The lowest BCUT2D eigenvalue weighted by Crippen LogP contribution is -1.99. The first-order valence-corrected chi connectivity index (χ1v) is 5.71. The highest BCUT2D eigenvalue weighted by atomic mass is 35.5. The second-order valence-corrected chi connectivity index (χ2v) is 4.38. The van der Waals surface area contributed by atoms with E-state index in [-0.39, 0.29) is 22.1 Å². The summed E-state index contributed by atoms with van der Waals surface area (Å²) in [5.41, 5.74) is 11.3. The molecule has 0 unspecified atom stereocenters. The van der Waals surface area contributed by atoms with Gasteiger partial charge in [0.15, 0.2) is 11.6 Å². The third-order valence-electron chi connectivity index (χ3n) is 2.25. The fraction of sp³-hybridized carbons (Fsp3) is 0. The van der Waals surface area contributed by atoms with Crippen LogP contribution in [0.4, 0.5) is 15.8 Å². The molecule has 0 amide bonds. The van der Waals surface area contributed by atoms with Gasteiger partial charge in [0.1, 0.15) is 10.8 Å². The molecule has 2 rings (SSSR count). The van der Waals surface area contributed by atoms with Crippen LogP contribution in [0.5, 0.6) is 11.5 Å². The molecular formula is C12H9Cl2FN2O. The topological polar surface area (TPSA) is 61.3 Å². The van der Waals surface area contributed by atoms with Crippen LogP contribution in [0.25, 0.3) is 0 Å². The molecule has 0 saturated heterocycles. The number of benzene rings is 2. The Labute approximate surface area is 113 Å². The van der Waals surface area contributed by atoms with Gasteiger partial charge in [-0.25, -0.2) is 4.39 Å². The predicted molar refractivity (Wildman–Crippen MR) is 71.8 cm³/mol. The van der Waals surface area contributed by atoms with Gasteiger partial charge in [-0.15, -0.1) is 0 Å². The van der Waals surface area contributed by atoms with Crippen LogP contribution >= 0.6 is 23.2 Å². The van der Waals surface area contributed by atoms with Gasteiger partial charge in [-0.1, -0.05) is 23.2 Å². The van der Waals surface area contributed by atoms with Gasteiger partial charge >= 0.3 is 0 Å². The molecule has 0 heterocycles. The van der Waals surface area contributed by atoms with Gasteiger partial charge in [0.05, 0.1) is 11.4 Å². The maximum atomic E-state index is 13.8. The average molecular weight is 287 g/mol. The predicted octanol–water partition coefficient (Wildman–Crippen LogP) is 4.09. The molecule has 94 valence electrons. The number of nitrogen functional groups attached to an aromatic ring is 2. The first-order valence-electron chi connectivity index (χ1n) is 4.95. The standard InChI is InChI=1S/C12H9Cl2FN2O/c13-6-1-3-7(4-2-6)18-12-9(17)5-8(16)10(14)11(12)15/h1-5H,16-17H2. The van der Waals surface area contributed by atoms with Crippen LogP contribution in [0.3, 0.4) is 0 Å². The molecule has 2 aromatic carbocycles. The number of halogens is 3. The SMILES string of the molecule is Nc1cc(N)c(Oc2ccc(Cl)cc2)c(F)c1Cl. The fourth-order valence-electron chi connectivity index (χ4n) is 1.37. The van der Waals surface area contributed by atoms with E-state index in [0.717, 1.165) is 0 Å². The van der Waals surface area contributed by atoms with Gasteiger partial charge in [0.2, 0.25) is 0 Å². The molecule has 0 spiro atoms. The van der Waals surface area contributed by atoms with E-state index >= 15 is 0 Å². The van der Waals surface area contributed by atoms with E-state index in [1.807, 2.05) is 0 Å². The van der Waals surface area contributed by atoms with Gasteiger partial charge in [0, 0.05) is 5.02 Å². The van der Waals surface area contributed by atoms with Crippen LogP contribution in [-0.4, -0.2) is 0 Å². The Bertz CT molecular complexity index is 588. The maximum absolute atomic E-state index is 13.8. The van der Waals surface area contributed by atoms with Crippen molar-refractivity contribution in [1.82, 2.24) is 0 Å². The Hall–Kier alpha value is -1.65. The third kappa shape index (κ3) is 2.44. The second-order valence-electron chi connectivity index (χ2n) is 3.57. The lowest BCUT2D eigenvalue weighted by Gasteiger charge is -2.11. The minimum Gasteiger partial charge on any atom is -0.452 e. The molecule has 0 saturated carbocycles. The number of ether oxygens (including phenoxy) is 1. The molecule has 6 heteroatoms. The first kappa shape index (κ1) is 12.8. The van der Waals surface area contributed by atoms with Crippen molar-refractivity contribution in [2.24, 2.45) is 0 Å². The van der Waals surface area contributed by atoms with E-state index in [2.05, 4.69) is 0 Å². The zero-order valence-electron chi connectivity index (χ0n) is 9.08. The number of nitrogens with two attached hydrogens (primary N) is 2. The highest BCUT2D eigenvalue weighted by Crippen LogP contribution is 2.38. The van der Waals surface area contributed by atoms with Crippen LogP contribution in [0.15, 0.2) is 30.3 Å². The summed E-state index contributed by atoms with van der Waals surface area (Å²) in [4.78, 5) is 0. The summed E-state index contributed by atoms with van der Waals surface area (Å²) in [5.74, 6) is -0.550. The third-order valence-corrected chi connectivity index (χ3v) is 2.89. The summed E-state index contributed by atoms with van der Waals surface area (Å²) >= 11 is 11.4. The molecule has 0 atom stereocenters. The molecule has 0 aliphatic carbocycles. The molecule has 2 aromatic rings. The molecule has 0 aliphatic rings. The number of rotatable bonds is 2. The molecule has 0 bridgehead atoms. The molecule has 0 fully saturated rings. The van der Waals surface area contributed by atoms with Crippen molar-refractivity contribution in [3.8, 4) is 11.5 Å². The summed E-state index contributed by atoms with van der Waals surface area (Å²) in [5, 5.41) is 0.333. The van der Waals surface area contributed by atoms with Gasteiger partial charge < -0.3 is 16.2 Å². The number of hydrogen-bond acceptors (Lipinski definition) is 3. The van der Waals surface area contributed by atoms with Gasteiger partial charge in [-0.3, -0.25) is 0 Å². The van der Waals surface area contributed by atoms with Crippen molar-refractivity contribution in [2.45, 2.75) is 0 Å². The quantitative estimate of drug-likeness (QED) is 0.818.